The second-order valence-corrected chi connectivity index (χ2v) is 9.78. The molecule has 1 amide bonds. The minimum Gasteiger partial charge on any atom is -0.493 e. The van der Waals surface area contributed by atoms with Gasteiger partial charge >= 0.3 is 0 Å². The topological polar surface area (TPSA) is 74.1 Å². The van der Waals surface area contributed by atoms with Crippen LogP contribution in [0.15, 0.2) is 65.0 Å². The summed E-state index contributed by atoms with van der Waals surface area (Å²) in [6, 6.07) is 18.2. The number of hydrogen-bond donors (Lipinski definition) is 1. The lowest BCUT2D eigenvalue weighted by Crippen LogP contribution is -2.25. The Bertz CT molecular complexity index is 1540. The van der Waals surface area contributed by atoms with E-state index in [9.17, 15) is 4.79 Å². The highest BCUT2D eigenvalue weighted by atomic mass is 32.1. The van der Waals surface area contributed by atoms with Gasteiger partial charge in [-0.2, -0.15) is 0 Å². The molecule has 4 aromatic rings. The predicted octanol–water partition coefficient (Wildman–Crippen LogP) is 5.66. The van der Waals surface area contributed by atoms with Gasteiger partial charge in [-0.1, -0.05) is 18.2 Å². The third-order valence-electron chi connectivity index (χ3n) is 6.36. The Hall–Kier alpha value is -4.04. The molecular formula is C29H29N3O4S. The highest BCUT2D eigenvalue weighted by Crippen LogP contribution is 2.33. The van der Waals surface area contributed by atoms with Crippen LogP contribution in [0.5, 0.6) is 17.2 Å². The number of thiazole rings is 1. The van der Waals surface area contributed by atoms with Gasteiger partial charge in [0, 0.05) is 17.5 Å². The van der Waals surface area contributed by atoms with Crippen LogP contribution in [0, 0.1) is 13.8 Å². The van der Waals surface area contributed by atoms with E-state index < -0.39 is 0 Å². The number of aryl methyl sites for hydroxylation is 3. The summed E-state index contributed by atoms with van der Waals surface area (Å²) in [5, 5.41) is 5.03. The number of nitrogens with one attached hydrogen (secondary N) is 1. The number of methoxy groups -OCH3 is 2. The summed E-state index contributed by atoms with van der Waals surface area (Å²) in [6.45, 7) is 4.90. The summed E-state index contributed by atoms with van der Waals surface area (Å²) < 4.78 is 18.7. The molecule has 0 spiro atoms. The van der Waals surface area contributed by atoms with Gasteiger partial charge in [-0.3, -0.25) is 4.79 Å². The largest absolute Gasteiger partial charge is 0.493 e. The molecule has 0 aliphatic carbocycles. The Morgan fingerprint density at radius 2 is 1.86 bits per heavy atom. The van der Waals surface area contributed by atoms with Crippen molar-refractivity contribution >= 4 is 28.6 Å². The van der Waals surface area contributed by atoms with Crippen molar-refractivity contribution in [3.63, 3.8) is 0 Å². The fourth-order valence-electron chi connectivity index (χ4n) is 4.33. The van der Waals surface area contributed by atoms with E-state index in [2.05, 4.69) is 53.4 Å². The van der Waals surface area contributed by atoms with Crippen LogP contribution in [0.2, 0.25) is 0 Å². The quantitative estimate of drug-likeness (QED) is 0.345. The van der Waals surface area contributed by atoms with Crippen LogP contribution in [0.1, 0.15) is 16.7 Å². The molecule has 0 bridgehead atoms. The number of ether oxygens (including phenoxy) is 3. The molecule has 0 saturated heterocycles. The summed E-state index contributed by atoms with van der Waals surface area (Å²) in [5.74, 6) is 1.94. The lowest BCUT2D eigenvalue weighted by atomic mass is 10.1. The number of anilines is 1. The van der Waals surface area contributed by atoms with Gasteiger partial charge in [0.05, 0.1) is 31.3 Å². The number of amides is 1. The number of hydrogen-bond acceptors (Lipinski definition) is 6. The van der Waals surface area contributed by atoms with Gasteiger partial charge in [0.25, 0.3) is 5.91 Å². The zero-order chi connectivity index (χ0) is 25.9. The molecule has 1 aliphatic rings. The molecule has 0 saturated carbocycles. The SMILES string of the molecule is COc1ccc(CCn2c(-c3ccc4c(c3)NC(=O)CO4)csc2=Nc2cc(C)ccc2C)cc1OC. The zero-order valence-corrected chi connectivity index (χ0v) is 22.1. The standard InChI is InChI=1S/C29H29N3O4S/c1-18-5-6-19(2)22(13-18)31-29-32(12-11-20-7-9-26(34-3)27(14-20)35-4)24(17-37-29)21-8-10-25-23(15-21)30-28(33)16-36-25/h5-10,13-15,17H,11-12,16H2,1-4H3,(H,30,33). The number of nitrogens with zero attached hydrogens (tertiary/aromatic N) is 2. The van der Waals surface area contributed by atoms with Gasteiger partial charge in [-0.15, -0.1) is 11.3 Å². The smallest absolute Gasteiger partial charge is 0.262 e. The molecule has 8 heteroatoms. The molecule has 5 rings (SSSR count). The fourth-order valence-corrected chi connectivity index (χ4v) is 5.28. The second-order valence-electron chi connectivity index (χ2n) is 8.94. The zero-order valence-electron chi connectivity index (χ0n) is 21.3. The first-order valence-corrected chi connectivity index (χ1v) is 12.9. The normalized spacial score (nSPS) is 13.1. The first-order valence-electron chi connectivity index (χ1n) is 12.0. The number of benzene rings is 3. The maximum Gasteiger partial charge on any atom is 0.262 e. The molecule has 2 heterocycles. The highest BCUT2D eigenvalue weighted by molar-refractivity contribution is 7.07. The molecule has 1 aromatic heterocycles. The molecule has 7 nitrogen and oxygen atoms in total. The molecular weight excluding hydrogens is 486 g/mol. The van der Waals surface area contributed by atoms with Crippen LogP contribution in [0.4, 0.5) is 11.4 Å². The Morgan fingerprint density at radius 1 is 1.03 bits per heavy atom. The summed E-state index contributed by atoms with van der Waals surface area (Å²) >= 11 is 1.60. The van der Waals surface area contributed by atoms with Gasteiger partial charge in [0.2, 0.25) is 0 Å². The van der Waals surface area contributed by atoms with Crippen molar-refractivity contribution in [3.05, 3.63) is 81.5 Å². The number of rotatable bonds is 7. The lowest BCUT2D eigenvalue weighted by molar-refractivity contribution is -0.118. The Labute approximate surface area is 220 Å². The van der Waals surface area contributed by atoms with E-state index >= 15 is 0 Å². The van der Waals surface area contributed by atoms with Crippen molar-refractivity contribution in [2.45, 2.75) is 26.8 Å². The Kier molecular flexibility index (Phi) is 7.01. The molecule has 190 valence electrons. The maximum atomic E-state index is 11.9. The number of fused-ring (bicyclic) bond motifs is 1. The first-order chi connectivity index (χ1) is 17.9. The molecule has 0 atom stereocenters. The van der Waals surface area contributed by atoms with Crippen LogP contribution in [-0.2, 0) is 17.8 Å². The van der Waals surface area contributed by atoms with E-state index in [1.807, 2.05) is 30.3 Å². The molecule has 3 aromatic carbocycles. The van der Waals surface area contributed by atoms with E-state index in [1.165, 1.54) is 5.56 Å². The lowest BCUT2D eigenvalue weighted by Gasteiger charge is -2.19. The molecule has 1 aliphatic heterocycles. The highest BCUT2D eigenvalue weighted by Gasteiger charge is 2.18. The minimum atomic E-state index is -0.151. The van der Waals surface area contributed by atoms with Crippen molar-refractivity contribution < 1.29 is 19.0 Å². The van der Waals surface area contributed by atoms with Crippen molar-refractivity contribution in [1.29, 1.82) is 0 Å². The Morgan fingerprint density at radius 3 is 2.68 bits per heavy atom. The van der Waals surface area contributed by atoms with Crippen LogP contribution < -0.4 is 24.3 Å². The van der Waals surface area contributed by atoms with Crippen molar-refractivity contribution in [1.82, 2.24) is 4.57 Å². The van der Waals surface area contributed by atoms with E-state index in [0.717, 1.165) is 39.3 Å². The molecule has 37 heavy (non-hydrogen) atoms. The van der Waals surface area contributed by atoms with Gasteiger partial charge in [-0.25, -0.2) is 4.99 Å². The first kappa shape index (κ1) is 24.6. The fraction of sp³-hybridized carbons (Fsp3) is 0.241. The van der Waals surface area contributed by atoms with Crippen molar-refractivity contribution in [3.8, 4) is 28.5 Å². The van der Waals surface area contributed by atoms with E-state index in [-0.39, 0.29) is 12.5 Å². The number of carbonyl (C=O) groups excluding carboxylic acids is 1. The number of carbonyl (C=O) groups is 1. The van der Waals surface area contributed by atoms with Crippen molar-refractivity contribution in [2.24, 2.45) is 4.99 Å². The summed E-state index contributed by atoms with van der Waals surface area (Å²) in [7, 11) is 3.28. The van der Waals surface area contributed by atoms with Crippen molar-refractivity contribution in [2.75, 3.05) is 26.1 Å². The van der Waals surface area contributed by atoms with Gasteiger partial charge < -0.3 is 24.1 Å². The van der Waals surface area contributed by atoms with Crippen LogP contribution in [-0.4, -0.2) is 31.3 Å². The minimum absolute atomic E-state index is 0.0367. The average Bonchev–Trinajstić information content (AvgIpc) is 3.31. The predicted molar refractivity (Wildman–Crippen MR) is 146 cm³/mol. The second kappa shape index (κ2) is 10.5. The molecule has 0 fully saturated rings. The molecule has 0 unspecified atom stereocenters. The van der Waals surface area contributed by atoms with E-state index in [4.69, 9.17) is 19.2 Å². The summed E-state index contributed by atoms with van der Waals surface area (Å²) in [6.07, 6.45) is 0.773. The van der Waals surface area contributed by atoms with Gasteiger partial charge in [-0.05, 0) is 73.4 Å². The number of aromatic nitrogens is 1. The molecule has 0 radical (unpaired) electrons. The van der Waals surface area contributed by atoms with E-state index in [0.29, 0.717) is 29.5 Å². The van der Waals surface area contributed by atoms with Crippen LogP contribution in [0.25, 0.3) is 11.3 Å². The third-order valence-corrected chi connectivity index (χ3v) is 7.22. The third kappa shape index (κ3) is 5.24. The van der Waals surface area contributed by atoms with Gasteiger partial charge in [0.1, 0.15) is 5.75 Å². The average molecular weight is 516 g/mol. The summed E-state index contributed by atoms with van der Waals surface area (Å²) in [5.41, 5.74) is 7.07. The van der Waals surface area contributed by atoms with Gasteiger partial charge in [0.15, 0.2) is 22.9 Å². The van der Waals surface area contributed by atoms with E-state index in [1.54, 1.807) is 25.6 Å². The van der Waals surface area contributed by atoms with Crippen LogP contribution in [0.3, 0.4) is 0 Å². The molecule has 1 N–H and O–H groups in total. The monoisotopic (exact) mass is 515 g/mol. The summed E-state index contributed by atoms with van der Waals surface area (Å²) in [4.78, 5) is 17.9. The Balaban J connectivity index is 1.57. The maximum absolute atomic E-state index is 11.9. The van der Waals surface area contributed by atoms with Crippen LogP contribution >= 0.6 is 11.3 Å².